The Morgan fingerprint density at radius 1 is 0.578 bits per heavy atom. The first-order chi connectivity index (χ1) is 39.4. The van der Waals surface area contributed by atoms with Crippen LogP contribution in [0.2, 0.25) is 0 Å². The van der Waals surface area contributed by atoms with Gasteiger partial charge in [0.05, 0.1) is 45.2 Å². The summed E-state index contributed by atoms with van der Waals surface area (Å²) in [6.07, 6.45) is 1.87. The summed E-state index contributed by atoms with van der Waals surface area (Å²) in [5.41, 5.74) is -1.69. The average Bonchev–Trinajstić information content (AvgIpc) is 1.78. The van der Waals surface area contributed by atoms with E-state index in [0.29, 0.717) is 63.5 Å². The number of aliphatic hydroxyl groups is 4. The lowest BCUT2D eigenvalue weighted by Gasteiger charge is -2.64. The van der Waals surface area contributed by atoms with Gasteiger partial charge in [0.15, 0.2) is 35.2 Å². The lowest BCUT2D eigenvalue weighted by molar-refractivity contribution is -0.191. The fourth-order valence-electron chi connectivity index (χ4n) is 16.0. The minimum atomic E-state index is -5.30. The second-order valence-electron chi connectivity index (χ2n) is 24.4. The molecule has 2 saturated heterocycles. The van der Waals surface area contributed by atoms with Crippen LogP contribution in [-0.4, -0.2) is 177 Å². The molecular weight excluding hydrogens is 1120 g/mol. The molecule has 4 unspecified atom stereocenters. The van der Waals surface area contributed by atoms with Gasteiger partial charge in [0.2, 0.25) is 0 Å². The SMILES string of the molecule is O=C(N[C@@H]1CCC2(O)[C@H]3Cc4ccc(O)c5c4[C@@]2(CCN3CC2CC2)[C@H]1O5)c1ccccc1S(=O)(=O)OS(=O)(=O)c1ccccc1C(=O)N[C@@H]1CCC2(O)[C@H]3Cc4ccc(O)c5c4[C@@]2(CCN3CC2CC2)[C@H]1O5.O=C(O)C(O)C(O)C(=O)O. The summed E-state index contributed by atoms with van der Waals surface area (Å²) in [6, 6.07) is 15.3. The number of ether oxygens (including phenoxy) is 2. The molecule has 4 bridgehead atoms. The van der Waals surface area contributed by atoms with Gasteiger partial charge >= 0.3 is 32.2 Å². The van der Waals surface area contributed by atoms with Gasteiger partial charge in [-0.2, -0.15) is 16.8 Å². The highest BCUT2D eigenvalue weighted by Crippen LogP contribution is 2.67. The lowest BCUT2D eigenvalue weighted by atomic mass is 9.48. The zero-order chi connectivity index (χ0) is 58.5. The molecule has 0 aromatic heterocycles. The van der Waals surface area contributed by atoms with Crippen LogP contribution in [-0.2, 0) is 57.1 Å². The molecule has 2 amide bonds. The van der Waals surface area contributed by atoms with Crippen molar-refractivity contribution in [3.8, 4) is 23.0 Å². The minimum Gasteiger partial charge on any atom is -0.504 e. The van der Waals surface area contributed by atoms with Crippen molar-refractivity contribution in [3.05, 3.63) is 106 Å². The molecule has 12 atom stereocenters. The fourth-order valence-corrected chi connectivity index (χ4v) is 18.8. The molecule has 6 aliphatic carbocycles. The van der Waals surface area contributed by atoms with E-state index >= 15 is 0 Å². The summed E-state index contributed by atoms with van der Waals surface area (Å²) in [5, 5.41) is 86.6. The number of amides is 2. The number of aromatic hydroxyl groups is 2. The van der Waals surface area contributed by atoms with Gasteiger partial charge in [-0.05, 0) is 150 Å². The third-order valence-corrected chi connectivity index (χ3v) is 23.2. The summed E-state index contributed by atoms with van der Waals surface area (Å²) < 4.78 is 75.5. The third-order valence-electron chi connectivity index (χ3n) is 19.9. The number of benzene rings is 4. The van der Waals surface area contributed by atoms with Gasteiger partial charge in [-0.25, -0.2) is 9.59 Å². The summed E-state index contributed by atoms with van der Waals surface area (Å²) in [6.45, 7) is 3.17. The van der Waals surface area contributed by atoms with Crippen LogP contribution in [0.5, 0.6) is 23.0 Å². The number of aliphatic carboxylic acids is 2. The Bertz CT molecular complexity index is 3400. The van der Waals surface area contributed by atoms with Crippen LogP contribution < -0.4 is 20.1 Å². The zero-order valence-electron chi connectivity index (χ0n) is 44.8. The van der Waals surface area contributed by atoms with Crippen LogP contribution in [0.25, 0.3) is 0 Å². The summed E-state index contributed by atoms with van der Waals surface area (Å²) in [4.78, 5) is 51.8. The number of rotatable bonds is 15. The summed E-state index contributed by atoms with van der Waals surface area (Å²) in [5.74, 6) is -3.59. The molecule has 4 aliphatic heterocycles. The van der Waals surface area contributed by atoms with Crippen molar-refractivity contribution >= 4 is 44.0 Å². The van der Waals surface area contributed by atoms with Crippen LogP contribution in [0.3, 0.4) is 0 Å². The Hall–Kier alpha value is -6.42. The Morgan fingerprint density at radius 2 is 0.964 bits per heavy atom. The number of hydrogen-bond acceptors (Lipinski definition) is 19. The topological polar surface area (TPSA) is 357 Å². The molecular formula is C58H64N4O19S2. The first kappa shape index (κ1) is 55.8. The van der Waals surface area contributed by atoms with E-state index in [2.05, 4.69) is 20.4 Å². The van der Waals surface area contributed by atoms with E-state index in [1.54, 1.807) is 12.1 Å². The molecule has 0 radical (unpaired) electrons. The van der Waals surface area contributed by atoms with Crippen molar-refractivity contribution in [3.63, 3.8) is 0 Å². The molecule has 4 aromatic carbocycles. The minimum absolute atomic E-state index is 0.0655. The number of phenols is 2. The Labute approximate surface area is 477 Å². The number of phenolic OH excluding ortho intramolecular Hbond substituents is 2. The lowest BCUT2D eigenvalue weighted by Crippen LogP contribution is -2.78. The van der Waals surface area contributed by atoms with Crippen LogP contribution in [0, 0.1) is 11.8 Å². The van der Waals surface area contributed by atoms with E-state index in [4.69, 9.17) is 33.5 Å². The fraction of sp³-hybridized carbons (Fsp3) is 0.517. The van der Waals surface area contributed by atoms with Crippen LogP contribution in [0.1, 0.15) is 107 Å². The van der Waals surface area contributed by atoms with Crippen molar-refractivity contribution in [1.29, 1.82) is 0 Å². The first-order valence-electron chi connectivity index (χ1n) is 28.2. The van der Waals surface area contributed by atoms with Gasteiger partial charge < -0.3 is 61.0 Å². The molecule has 2 spiro atoms. The van der Waals surface area contributed by atoms with E-state index in [1.165, 1.54) is 36.4 Å². The van der Waals surface area contributed by atoms with Gasteiger partial charge in [-0.3, -0.25) is 19.4 Å². The maximum absolute atomic E-state index is 14.5. The van der Waals surface area contributed by atoms with Gasteiger partial charge in [0.1, 0.15) is 22.0 Å². The molecule has 4 aromatic rings. The highest BCUT2D eigenvalue weighted by atomic mass is 32.3. The molecule has 23 nitrogen and oxygen atoms in total. The standard InChI is InChI=1S/C54H58N4O13S2.C4H6O6/c59-37-15-13-31-25-41-53(63)19-17-35(47-51(53,43(31)45(37)69-47)21-23-57(41)27-29-9-10-29)55-49(61)33-5-1-3-7-39(33)72(65,66)71-73(67,68)40-8-4-2-6-34(40)50(62)56-36-18-20-54(64)42-26-32-14-16-38(60)46-44(32)52(54,48(36)70-46)22-24-58(42)28-30-11-12-30;5-1(3(7)8)2(6)4(9)10/h1-8,13-16,29-30,35-36,41-42,47-48,59-60,63-64H,9-12,17-28H2,(H,55,61)(H,56,62);1-2,5-6H,(H,7,8)(H,9,10)/t35-,36-,41-,42-,47+,48+,51+,52+,53?,54?;/m1./s1. The van der Waals surface area contributed by atoms with E-state index in [0.717, 1.165) is 73.2 Å². The van der Waals surface area contributed by atoms with E-state index in [-0.39, 0.29) is 47.9 Å². The quantitative estimate of drug-likeness (QED) is 0.0811. The largest absolute Gasteiger partial charge is 0.504 e. The molecule has 10 aliphatic rings. The van der Waals surface area contributed by atoms with Gasteiger partial charge in [0.25, 0.3) is 11.8 Å². The number of nitrogens with one attached hydrogen (secondary N) is 2. The first-order valence-corrected chi connectivity index (χ1v) is 31.0. The van der Waals surface area contributed by atoms with Crippen LogP contribution >= 0.6 is 0 Å². The molecule has 6 fully saturated rings. The second kappa shape index (κ2) is 19.6. The average molecular weight is 1190 g/mol. The van der Waals surface area contributed by atoms with Crippen molar-refractivity contribution < 1.29 is 90.0 Å². The number of nitrogens with zero attached hydrogens (tertiary/aromatic N) is 2. The number of hydrogen-bond donors (Lipinski definition) is 10. The number of piperidine rings is 2. The number of likely N-dealkylation sites (tertiary alicyclic amines) is 2. The highest BCUT2D eigenvalue weighted by Gasteiger charge is 2.75. The summed E-state index contributed by atoms with van der Waals surface area (Å²) in [7, 11) is -10.6. The monoisotopic (exact) mass is 1180 g/mol. The number of carboxylic acid groups (broad SMARTS) is 2. The molecule has 25 heteroatoms. The van der Waals surface area contributed by atoms with Gasteiger partial charge in [-0.15, -0.1) is 3.63 Å². The maximum atomic E-state index is 14.5. The van der Waals surface area contributed by atoms with E-state index in [9.17, 15) is 56.4 Å². The molecule has 83 heavy (non-hydrogen) atoms. The van der Waals surface area contributed by atoms with E-state index in [1.807, 2.05) is 12.1 Å². The van der Waals surface area contributed by atoms with Crippen LogP contribution in [0.4, 0.5) is 0 Å². The second-order valence-corrected chi connectivity index (χ2v) is 27.6. The van der Waals surface area contributed by atoms with Crippen molar-refractivity contribution in [2.75, 3.05) is 26.2 Å². The zero-order valence-corrected chi connectivity index (χ0v) is 46.4. The predicted molar refractivity (Wildman–Crippen MR) is 288 cm³/mol. The molecule has 442 valence electrons. The van der Waals surface area contributed by atoms with Crippen LogP contribution in [0.15, 0.2) is 82.6 Å². The number of aliphatic hydroxyl groups excluding tert-OH is 2. The van der Waals surface area contributed by atoms with Crippen molar-refractivity contribution in [2.45, 2.75) is 157 Å². The Morgan fingerprint density at radius 3 is 1.34 bits per heavy atom. The smallest absolute Gasteiger partial charge is 0.335 e. The normalized spacial score (nSPS) is 32.2. The third kappa shape index (κ3) is 8.49. The predicted octanol–water partition coefficient (Wildman–Crippen LogP) is 1.79. The van der Waals surface area contributed by atoms with Crippen molar-refractivity contribution in [1.82, 2.24) is 20.4 Å². The number of carbonyl (C=O) groups excluding carboxylic acids is 2. The van der Waals surface area contributed by atoms with Gasteiger partial charge in [0, 0.05) is 36.3 Å². The Kier molecular flexibility index (Phi) is 13.1. The van der Waals surface area contributed by atoms with Crippen molar-refractivity contribution in [2.24, 2.45) is 11.8 Å². The molecule has 4 heterocycles. The number of carbonyl (C=O) groups is 4. The Balaban J connectivity index is 0.000000592. The maximum Gasteiger partial charge on any atom is 0.335 e. The molecule has 4 saturated carbocycles. The van der Waals surface area contributed by atoms with Gasteiger partial charge in [-0.1, -0.05) is 36.4 Å². The summed E-state index contributed by atoms with van der Waals surface area (Å²) >= 11 is 0. The number of carboxylic acids is 2. The molecule has 14 rings (SSSR count). The highest BCUT2D eigenvalue weighted by molar-refractivity contribution is 8.00. The van der Waals surface area contributed by atoms with E-state index < -0.39 is 123 Å². The molecule has 10 N–H and O–H groups in total.